The Kier molecular flexibility index (Phi) is 7.51. The third kappa shape index (κ3) is 3.53. The van der Waals surface area contributed by atoms with Crippen molar-refractivity contribution in [3.05, 3.63) is 102 Å². The zero-order valence-electron chi connectivity index (χ0n) is 18.7. The summed E-state index contributed by atoms with van der Waals surface area (Å²) in [6.45, 7) is 3.60. The fourth-order valence-electron chi connectivity index (χ4n) is 5.27. The van der Waals surface area contributed by atoms with Gasteiger partial charge in [0.1, 0.15) is 16.7 Å². The molecule has 1 aliphatic carbocycles. The van der Waals surface area contributed by atoms with E-state index in [-0.39, 0.29) is 12.4 Å². The van der Waals surface area contributed by atoms with Gasteiger partial charge in [0.05, 0.1) is 5.41 Å². The number of hydrogen-bond donors (Lipinski definition) is 0. The van der Waals surface area contributed by atoms with Crippen LogP contribution in [0.4, 0.5) is 0 Å². The van der Waals surface area contributed by atoms with Gasteiger partial charge in [0.25, 0.3) is 0 Å². The van der Waals surface area contributed by atoms with Crippen molar-refractivity contribution in [2.24, 2.45) is 0 Å². The Bertz CT molecular complexity index is 1030. The monoisotopic (exact) mass is 489 g/mol. The smallest absolute Gasteiger partial charge is 0.143 e. The Morgan fingerprint density at radius 2 is 1.31 bits per heavy atom. The summed E-state index contributed by atoms with van der Waals surface area (Å²) in [5.41, 5.74) is 2.18. The molecule has 2 atom stereocenters. The Hall–Kier alpha value is -1.71. The molecule has 0 N–H and O–H groups in total. The molecule has 1 aliphatic rings. The predicted molar refractivity (Wildman–Crippen MR) is 138 cm³/mol. The molecule has 3 aromatic rings. The molecular formula is C27H30Cl3NO. The number of halogens is 3. The molecule has 0 spiro atoms. The van der Waals surface area contributed by atoms with E-state index < -0.39 is 15.2 Å². The molecule has 0 saturated heterocycles. The highest BCUT2D eigenvalue weighted by Gasteiger charge is 2.87. The van der Waals surface area contributed by atoms with Crippen molar-refractivity contribution in [3.63, 3.8) is 0 Å². The van der Waals surface area contributed by atoms with Gasteiger partial charge in [-0.15, -0.1) is 12.4 Å². The average molecular weight is 491 g/mol. The molecule has 4 rings (SSSR count). The molecule has 170 valence electrons. The fourth-order valence-corrected chi connectivity index (χ4v) is 6.69. The van der Waals surface area contributed by atoms with Crippen LogP contribution in [0.3, 0.4) is 0 Å². The third-order valence-electron chi connectivity index (χ3n) is 6.68. The van der Waals surface area contributed by atoms with E-state index in [0.29, 0.717) is 6.61 Å². The zero-order valence-corrected chi connectivity index (χ0v) is 21.1. The van der Waals surface area contributed by atoms with Crippen LogP contribution >= 0.6 is 35.6 Å². The molecule has 0 bridgehead atoms. The molecule has 5 heteroatoms. The number of alkyl halides is 2. The lowest BCUT2D eigenvalue weighted by Gasteiger charge is -2.27. The molecule has 0 heterocycles. The van der Waals surface area contributed by atoms with E-state index in [9.17, 15) is 0 Å². The fraction of sp³-hybridized carbons (Fsp3) is 0.333. The van der Waals surface area contributed by atoms with Crippen LogP contribution in [0.5, 0.6) is 5.75 Å². The van der Waals surface area contributed by atoms with Crippen molar-refractivity contribution in [2.45, 2.75) is 28.5 Å². The molecule has 32 heavy (non-hydrogen) atoms. The van der Waals surface area contributed by atoms with E-state index in [2.05, 4.69) is 66.4 Å². The van der Waals surface area contributed by atoms with Gasteiger partial charge >= 0.3 is 0 Å². The molecule has 1 saturated carbocycles. The minimum atomic E-state index is -1.03. The van der Waals surface area contributed by atoms with Gasteiger partial charge in [-0.3, -0.25) is 0 Å². The highest BCUT2D eigenvalue weighted by molar-refractivity contribution is 6.54. The maximum atomic E-state index is 7.35. The number of nitrogens with zero attached hydrogens (tertiary/aromatic N) is 1. The molecular weight excluding hydrogens is 461 g/mol. The van der Waals surface area contributed by atoms with Crippen LogP contribution in [-0.2, 0) is 10.8 Å². The second-order valence-electron chi connectivity index (χ2n) is 8.46. The topological polar surface area (TPSA) is 12.5 Å². The van der Waals surface area contributed by atoms with Crippen molar-refractivity contribution >= 4 is 35.6 Å². The zero-order chi connectivity index (χ0) is 22.1. The lowest BCUT2D eigenvalue weighted by molar-refractivity contribution is 0.258. The van der Waals surface area contributed by atoms with Crippen molar-refractivity contribution in [1.29, 1.82) is 0 Å². The number of para-hydroxylation sites is 1. The van der Waals surface area contributed by atoms with Crippen LogP contribution in [0.2, 0.25) is 0 Å². The van der Waals surface area contributed by atoms with Crippen LogP contribution in [0, 0.1) is 0 Å². The van der Waals surface area contributed by atoms with E-state index in [1.165, 1.54) is 0 Å². The second-order valence-corrected chi connectivity index (χ2v) is 9.79. The minimum absolute atomic E-state index is 0. The summed E-state index contributed by atoms with van der Waals surface area (Å²) in [5, 5.41) is 0. The molecule has 0 amide bonds. The van der Waals surface area contributed by atoms with Gasteiger partial charge in [-0.1, -0.05) is 109 Å². The van der Waals surface area contributed by atoms with Crippen LogP contribution < -0.4 is 4.74 Å². The first kappa shape index (κ1) is 24.9. The van der Waals surface area contributed by atoms with Crippen molar-refractivity contribution < 1.29 is 4.74 Å². The molecule has 0 radical (unpaired) electrons. The van der Waals surface area contributed by atoms with E-state index in [0.717, 1.165) is 35.4 Å². The molecule has 2 nitrogen and oxygen atoms in total. The number of likely N-dealkylation sites (N-methyl/N-ethyl adjacent to an activating group) is 1. The average Bonchev–Trinajstić information content (AvgIpc) is 3.26. The summed E-state index contributed by atoms with van der Waals surface area (Å²) in [5.74, 6) is 0.838. The lowest BCUT2D eigenvalue weighted by Crippen LogP contribution is -2.25. The van der Waals surface area contributed by atoms with E-state index >= 15 is 0 Å². The summed E-state index contributed by atoms with van der Waals surface area (Å²) in [6.07, 6.45) is 0.797. The summed E-state index contributed by atoms with van der Waals surface area (Å²) >= 11 is 14.7. The largest absolute Gasteiger partial charge is 0.492 e. The van der Waals surface area contributed by atoms with Crippen molar-refractivity contribution in [1.82, 2.24) is 4.90 Å². The van der Waals surface area contributed by atoms with Crippen LogP contribution in [0.25, 0.3) is 0 Å². The van der Waals surface area contributed by atoms with Gasteiger partial charge in [-0.05, 0) is 37.7 Å². The van der Waals surface area contributed by atoms with Gasteiger partial charge in [0.2, 0.25) is 0 Å². The first-order chi connectivity index (χ1) is 14.9. The Morgan fingerprint density at radius 1 is 0.781 bits per heavy atom. The van der Waals surface area contributed by atoms with Gasteiger partial charge in [-0.2, -0.15) is 0 Å². The van der Waals surface area contributed by atoms with Crippen molar-refractivity contribution in [3.8, 4) is 5.75 Å². The van der Waals surface area contributed by atoms with Gasteiger partial charge in [0.15, 0.2) is 0 Å². The quantitative estimate of drug-likeness (QED) is 0.319. The van der Waals surface area contributed by atoms with Gasteiger partial charge in [-0.25, -0.2) is 0 Å². The molecule has 3 aromatic carbocycles. The first-order valence-corrected chi connectivity index (χ1v) is 11.5. The molecule has 0 aliphatic heterocycles. The van der Waals surface area contributed by atoms with E-state index in [1.54, 1.807) is 0 Å². The Balaban J connectivity index is 0.00000289. The van der Waals surface area contributed by atoms with E-state index in [1.807, 2.05) is 44.4 Å². The van der Waals surface area contributed by atoms with Crippen molar-refractivity contribution in [2.75, 3.05) is 27.2 Å². The number of benzene rings is 3. The summed E-state index contributed by atoms with van der Waals surface area (Å²) in [6, 6.07) is 29.1. The third-order valence-corrected chi connectivity index (χ3v) is 7.89. The highest BCUT2D eigenvalue weighted by Crippen LogP contribution is 2.82. The number of ether oxygens (including phenoxy) is 1. The number of hydrogen-bond acceptors (Lipinski definition) is 2. The predicted octanol–water partition coefficient (Wildman–Crippen LogP) is 6.87. The summed E-state index contributed by atoms with van der Waals surface area (Å²) in [7, 11) is 4.09. The standard InChI is InChI=1S/C27H29Cl2NO.ClH/c1-4-25(21-13-7-5-8-14-21)26(27(25,28)29,22-15-9-6-10-16-22)23-17-11-12-18-24(23)31-20-19-30(2)3;/h5-18H,4,19-20H2,1-3H3;1H. The van der Waals surface area contributed by atoms with Crippen LogP contribution in [0.15, 0.2) is 84.9 Å². The summed E-state index contributed by atoms with van der Waals surface area (Å²) in [4.78, 5) is 2.11. The van der Waals surface area contributed by atoms with Crippen LogP contribution in [-0.4, -0.2) is 36.5 Å². The van der Waals surface area contributed by atoms with Gasteiger partial charge < -0.3 is 9.64 Å². The maximum Gasteiger partial charge on any atom is 0.143 e. The minimum Gasteiger partial charge on any atom is -0.492 e. The Labute approximate surface area is 207 Å². The maximum absolute atomic E-state index is 7.35. The lowest BCUT2D eigenvalue weighted by atomic mass is 9.75. The van der Waals surface area contributed by atoms with E-state index in [4.69, 9.17) is 27.9 Å². The van der Waals surface area contributed by atoms with Crippen LogP contribution in [0.1, 0.15) is 30.0 Å². The highest BCUT2D eigenvalue weighted by atomic mass is 35.5. The SMILES string of the molecule is CCC1(c2ccccc2)C(Cl)(Cl)C1(c1ccccc1)c1ccccc1OCCN(C)C.Cl. The second kappa shape index (κ2) is 9.65. The Morgan fingerprint density at radius 3 is 1.88 bits per heavy atom. The molecule has 2 unspecified atom stereocenters. The number of rotatable bonds is 8. The summed E-state index contributed by atoms with van der Waals surface area (Å²) < 4.78 is 5.27. The first-order valence-electron chi connectivity index (χ1n) is 10.8. The molecule has 1 fully saturated rings. The molecule has 0 aromatic heterocycles. The normalized spacial score (nSPS) is 23.4. The van der Waals surface area contributed by atoms with Gasteiger partial charge in [0, 0.05) is 17.5 Å².